The maximum atomic E-state index is 13.0. The molecule has 0 aromatic heterocycles. The third-order valence-corrected chi connectivity index (χ3v) is 6.27. The Balaban J connectivity index is 1.64. The molecule has 1 heterocycles. The van der Waals surface area contributed by atoms with Gasteiger partial charge in [-0.1, -0.05) is 54.7 Å². The van der Waals surface area contributed by atoms with Crippen LogP contribution in [0, 0.1) is 5.92 Å². The Labute approximate surface area is 194 Å². The molecule has 2 aromatic rings. The fourth-order valence-electron chi connectivity index (χ4n) is 3.82. The molecule has 7 heteroatoms. The van der Waals surface area contributed by atoms with Gasteiger partial charge in [-0.15, -0.1) is 0 Å². The van der Waals surface area contributed by atoms with Crippen LogP contribution in [-0.4, -0.2) is 36.3 Å². The van der Waals surface area contributed by atoms with E-state index in [0.717, 1.165) is 37.8 Å². The van der Waals surface area contributed by atoms with Gasteiger partial charge in [0.05, 0.1) is 17.2 Å². The Morgan fingerprint density at radius 3 is 2.58 bits per heavy atom. The van der Waals surface area contributed by atoms with Gasteiger partial charge >= 0.3 is 0 Å². The molecular formula is C24H29Cl2N3O2. The van der Waals surface area contributed by atoms with Gasteiger partial charge in [0.15, 0.2) is 0 Å². The largest absolute Gasteiger partial charge is 0.352 e. The Bertz CT molecular complexity index is 899. The Kier molecular flexibility index (Phi) is 8.76. The highest BCUT2D eigenvalue weighted by atomic mass is 35.5. The molecule has 0 spiro atoms. The van der Waals surface area contributed by atoms with Gasteiger partial charge in [0.25, 0.3) is 5.91 Å². The van der Waals surface area contributed by atoms with E-state index in [-0.39, 0.29) is 17.7 Å². The lowest BCUT2D eigenvalue weighted by molar-refractivity contribution is -0.121. The molecule has 2 amide bonds. The first-order valence-corrected chi connectivity index (χ1v) is 11.6. The van der Waals surface area contributed by atoms with Crippen LogP contribution in [0.1, 0.15) is 48.5 Å². The maximum absolute atomic E-state index is 13.0. The zero-order valence-corrected chi connectivity index (χ0v) is 19.3. The number of anilines is 1. The SMILES string of the molecule is CCCCNC(=O)c1ccccc1NC(=O)C1CCCN(Cc2c(Cl)cccc2Cl)C1. The van der Waals surface area contributed by atoms with Crippen molar-refractivity contribution >= 4 is 40.7 Å². The lowest BCUT2D eigenvalue weighted by Crippen LogP contribution is -2.40. The molecule has 5 nitrogen and oxygen atoms in total. The molecule has 1 aliphatic rings. The third-order valence-electron chi connectivity index (χ3n) is 5.57. The summed E-state index contributed by atoms with van der Waals surface area (Å²) in [5.74, 6) is -0.391. The van der Waals surface area contributed by atoms with Crippen LogP contribution in [0.4, 0.5) is 5.69 Å². The van der Waals surface area contributed by atoms with E-state index in [1.807, 2.05) is 24.3 Å². The predicted molar refractivity (Wildman–Crippen MR) is 127 cm³/mol. The summed E-state index contributed by atoms with van der Waals surface area (Å²) < 4.78 is 0. The first-order chi connectivity index (χ1) is 15.0. The van der Waals surface area contributed by atoms with Crippen molar-refractivity contribution in [2.45, 2.75) is 39.2 Å². The van der Waals surface area contributed by atoms with Gasteiger partial charge in [-0.05, 0) is 50.1 Å². The molecule has 31 heavy (non-hydrogen) atoms. The number of likely N-dealkylation sites (tertiary alicyclic amines) is 1. The highest BCUT2D eigenvalue weighted by Crippen LogP contribution is 2.28. The second kappa shape index (κ2) is 11.5. The number of rotatable bonds is 8. The van der Waals surface area contributed by atoms with Crippen LogP contribution >= 0.6 is 23.2 Å². The standard InChI is InChI=1S/C24H29Cl2N3O2/c1-2-3-13-27-24(31)18-9-4-5-12-22(18)28-23(30)17-8-7-14-29(15-17)16-19-20(25)10-6-11-21(19)26/h4-6,9-12,17H,2-3,7-8,13-16H2,1H3,(H,27,31)(H,28,30). The molecule has 1 aliphatic heterocycles. The van der Waals surface area contributed by atoms with Gasteiger partial charge in [-0.2, -0.15) is 0 Å². The van der Waals surface area contributed by atoms with E-state index in [1.165, 1.54) is 0 Å². The molecule has 1 fully saturated rings. The number of halogens is 2. The van der Waals surface area contributed by atoms with E-state index < -0.39 is 0 Å². The van der Waals surface area contributed by atoms with Gasteiger partial charge in [0.1, 0.15) is 0 Å². The van der Waals surface area contributed by atoms with E-state index in [4.69, 9.17) is 23.2 Å². The van der Waals surface area contributed by atoms with Gasteiger partial charge in [-0.3, -0.25) is 14.5 Å². The minimum absolute atomic E-state index is 0.0660. The fourth-order valence-corrected chi connectivity index (χ4v) is 4.34. The summed E-state index contributed by atoms with van der Waals surface area (Å²) >= 11 is 12.6. The number of nitrogens with zero attached hydrogens (tertiary/aromatic N) is 1. The van der Waals surface area contributed by atoms with Crippen molar-refractivity contribution < 1.29 is 9.59 Å². The molecule has 3 rings (SSSR count). The average Bonchev–Trinajstić information content (AvgIpc) is 2.77. The van der Waals surface area contributed by atoms with E-state index in [9.17, 15) is 9.59 Å². The molecule has 0 aliphatic carbocycles. The van der Waals surface area contributed by atoms with Crippen molar-refractivity contribution in [2.24, 2.45) is 5.92 Å². The van der Waals surface area contributed by atoms with E-state index in [2.05, 4.69) is 22.5 Å². The molecule has 1 atom stereocenters. The second-order valence-corrected chi connectivity index (χ2v) is 8.73. The summed E-state index contributed by atoms with van der Waals surface area (Å²) in [6.45, 7) is 4.83. The summed E-state index contributed by atoms with van der Waals surface area (Å²) in [5.41, 5.74) is 1.93. The number of hydrogen-bond donors (Lipinski definition) is 2. The van der Waals surface area contributed by atoms with Crippen LogP contribution in [0.15, 0.2) is 42.5 Å². The topological polar surface area (TPSA) is 61.4 Å². The van der Waals surface area contributed by atoms with Crippen molar-refractivity contribution in [3.8, 4) is 0 Å². The number of hydrogen-bond acceptors (Lipinski definition) is 3. The first-order valence-electron chi connectivity index (χ1n) is 10.8. The number of carbonyl (C=O) groups excluding carboxylic acids is 2. The van der Waals surface area contributed by atoms with Gasteiger partial charge in [-0.25, -0.2) is 0 Å². The zero-order valence-electron chi connectivity index (χ0n) is 17.8. The molecule has 1 saturated heterocycles. The monoisotopic (exact) mass is 461 g/mol. The van der Waals surface area contributed by atoms with Crippen LogP contribution in [0.5, 0.6) is 0 Å². The lowest BCUT2D eigenvalue weighted by Gasteiger charge is -2.32. The van der Waals surface area contributed by atoms with Crippen LogP contribution in [-0.2, 0) is 11.3 Å². The lowest BCUT2D eigenvalue weighted by atomic mass is 9.96. The van der Waals surface area contributed by atoms with Crippen LogP contribution < -0.4 is 10.6 Å². The highest BCUT2D eigenvalue weighted by molar-refractivity contribution is 6.35. The average molecular weight is 462 g/mol. The molecule has 0 saturated carbocycles. The summed E-state index contributed by atoms with van der Waals surface area (Å²) in [6.07, 6.45) is 3.66. The van der Waals surface area contributed by atoms with Crippen molar-refractivity contribution in [1.82, 2.24) is 10.2 Å². The highest BCUT2D eigenvalue weighted by Gasteiger charge is 2.27. The zero-order chi connectivity index (χ0) is 22.2. The summed E-state index contributed by atoms with van der Waals surface area (Å²) in [7, 11) is 0. The van der Waals surface area contributed by atoms with Gasteiger partial charge < -0.3 is 10.6 Å². The normalized spacial score (nSPS) is 16.7. The van der Waals surface area contributed by atoms with Crippen molar-refractivity contribution in [2.75, 3.05) is 25.0 Å². The minimum Gasteiger partial charge on any atom is -0.352 e. The molecule has 2 N–H and O–H groups in total. The number of piperidine rings is 1. The molecule has 0 bridgehead atoms. The van der Waals surface area contributed by atoms with Crippen LogP contribution in [0.25, 0.3) is 0 Å². The summed E-state index contributed by atoms with van der Waals surface area (Å²) in [4.78, 5) is 27.7. The van der Waals surface area contributed by atoms with Crippen LogP contribution in [0.2, 0.25) is 10.0 Å². The second-order valence-electron chi connectivity index (χ2n) is 7.92. The smallest absolute Gasteiger partial charge is 0.253 e. The van der Waals surface area contributed by atoms with Crippen LogP contribution in [0.3, 0.4) is 0 Å². The third kappa shape index (κ3) is 6.45. The number of benzene rings is 2. The van der Waals surface area contributed by atoms with Crippen molar-refractivity contribution in [3.05, 3.63) is 63.6 Å². The van der Waals surface area contributed by atoms with E-state index >= 15 is 0 Å². The first kappa shape index (κ1) is 23.6. The number of amides is 2. The molecule has 0 radical (unpaired) electrons. The Hall–Kier alpha value is -2.08. The predicted octanol–water partition coefficient (Wildman–Crippen LogP) is 5.37. The summed E-state index contributed by atoms with van der Waals surface area (Å²) in [6, 6.07) is 12.6. The number of carbonyl (C=O) groups is 2. The minimum atomic E-state index is -0.164. The van der Waals surface area contributed by atoms with Gasteiger partial charge in [0, 0.05) is 35.2 Å². The maximum Gasteiger partial charge on any atom is 0.253 e. The molecule has 1 unspecified atom stereocenters. The van der Waals surface area contributed by atoms with E-state index in [0.29, 0.717) is 40.9 Å². The number of nitrogens with one attached hydrogen (secondary N) is 2. The molecule has 2 aromatic carbocycles. The quantitative estimate of drug-likeness (QED) is 0.519. The summed E-state index contributed by atoms with van der Waals surface area (Å²) in [5, 5.41) is 7.18. The van der Waals surface area contributed by atoms with Crippen molar-refractivity contribution in [1.29, 1.82) is 0 Å². The molecular weight excluding hydrogens is 433 g/mol. The number of unbranched alkanes of at least 4 members (excludes halogenated alkanes) is 1. The van der Waals surface area contributed by atoms with Crippen molar-refractivity contribution in [3.63, 3.8) is 0 Å². The number of para-hydroxylation sites is 1. The molecule has 166 valence electrons. The van der Waals surface area contributed by atoms with Gasteiger partial charge in [0.2, 0.25) is 5.91 Å². The Morgan fingerprint density at radius 2 is 1.84 bits per heavy atom. The Morgan fingerprint density at radius 1 is 1.10 bits per heavy atom. The fraction of sp³-hybridized carbons (Fsp3) is 0.417. The van der Waals surface area contributed by atoms with E-state index in [1.54, 1.807) is 18.2 Å².